The quantitative estimate of drug-likeness (QED) is 0.321. The van der Waals surface area contributed by atoms with E-state index in [1.807, 2.05) is 6.08 Å². The Morgan fingerprint density at radius 1 is 1.40 bits per heavy atom. The second-order valence-corrected chi connectivity index (χ2v) is 3.74. The molecule has 0 aromatic carbocycles. The Balaban J connectivity index is 2.70. The van der Waals surface area contributed by atoms with E-state index < -0.39 is 0 Å². The number of hydrogen-bond acceptors (Lipinski definition) is 1. The molecule has 0 unspecified atom stereocenters. The first kappa shape index (κ1) is 10.1. The van der Waals surface area contributed by atoms with Crippen LogP contribution in [0.25, 0.3) is 0 Å². The molecule has 0 saturated carbocycles. The average Bonchev–Trinajstić information content (AvgIpc) is 1.97. The Morgan fingerprint density at radius 3 is 2.80 bits per heavy atom. The van der Waals surface area contributed by atoms with Crippen molar-refractivity contribution in [1.29, 1.82) is 0 Å². The standard InChI is InChI=1S/C7H13OSi2/c1-2-3-4-5-6-7-10-8-9/h2H,1,3-7H2. The first-order chi connectivity index (χ1) is 4.91. The molecule has 1 nitrogen and oxygen atoms in total. The maximum Gasteiger partial charge on any atom is 0.229 e. The van der Waals surface area contributed by atoms with Crippen LogP contribution < -0.4 is 0 Å². The first-order valence-corrected chi connectivity index (χ1v) is 5.10. The minimum Gasteiger partial charge on any atom is -0.458 e. The van der Waals surface area contributed by atoms with Crippen LogP contribution in [0.15, 0.2) is 12.7 Å². The summed E-state index contributed by atoms with van der Waals surface area (Å²) in [4.78, 5) is 0. The van der Waals surface area contributed by atoms with Crippen LogP contribution in [-0.4, -0.2) is 20.2 Å². The summed E-state index contributed by atoms with van der Waals surface area (Å²) in [5.74, 6) is 0. The smallest absolute Gasteiger partial charge is 0.229 e. The number of rotatable bonds is 7. The predicted molar refractivity (Wildman–Crippen MR) is 46.1 cm³/mol. The van der Waals surface area contributed by atoms with Crippen LogP contribution in [0.3, 0.4) is 0 Å². The van der Waals surface area contributed by atoms with Crippen LogP contribution in [-0.2, 0) is 4.12 Å². The molecule has 0 fully saturated rings. The topological polar surface area (TPSA) is 9.23 Å². The zero-order chi connectivity index (χ0) is 7.66. The maximum atomic E-state index is 4.76. The molecule has 55 valence electrons. The van der Waals surface area contributed by atoms with Gasteiger partial charge in [0.1, 0.15) is 0 Å². The molecule has 0 rings (SSSR count). The molecule has 0 saturated heterocycles. The Morgan fingerprint density at radius 2 is 2.20 bits per heavy atom. The lowest BCUT2D eigenvalue weighted by molar-refractivity contribution is 0.642. The van der Waals surface area contributed by atoms with Gasteiger partial charge >= 0.3 is 0 Å². The van der Waals surface area contributed by atoms with Gasteiger partial charge < -0.3 is 4.12 Å². The van der Waals surface area contributed by atoms with Crippen molar-refractivity contribution < 1.29 is 4.12 Å². The van der Waals surface area contributed by atoms with Crippen LogP contribution >= 0.6 is 0 Å². The zero-order valence-electron chi connectivity index (χ0n) is 6.23. The molecule has 0 aromatic heterocycles. The van der Waals surface area contributed by atoms with Crippen LogP contribution in [0.5, 0.6) is 0 Å². The van der Waals surface area contributed by atoms with Crippen LogP contribution in [0.4, 0.5) is 0 Å². The summed E-state index contributed by atoms with van der Waals surface area (Å²) in [7, 11) is 3.59. The molecular formula is C7H13OSi2. The Hall–Kier alpha value is 0.134. The van der Waals surface area contributed by atoms with Gasteiger partial charge in [0, 0.05) is 0 Å². The summed E-state index contributed by atoms with van der Waals surface area (Å²) in [6.07, 6.45) is 6.97. The molecular weight excluding hydrogens is 156 g/mol. The van der Waals surface area contributed by atoms with Crippen molar-refractivity contribution in [3.8, 4) is 0 Å². The van der Waals surface area contributed by atoms with E-state index >= 15 is 0 Å². The molecule has 0 spiro atoms. The molecule has 0 aliphatic heterocycles. The summed E-state index contributed by atoms with van der Waals surface area (Å²) >= 11 is 0. The van der Waals surface area contributed by atoms with Crippen LogP contribution in [0.1, 0.15) is 25.7 Å². The van der Waals surface area contributed by atoms with Crippen molar-refractivity contribution in [3.63, 3.8) is 0 Å². The Bertz CT molecular complexity index is 76.0. The highest BCUT2D eigenvalue weighted by Crippen LogP contribution is 2.02. The second-order valence-electron chi connectivity index (χ2n) is 2.13. The lowest BCUT2D eigenvalue weighted by atomic mass is 10.2. The van der Waals surface area contributed by atoms with Crippen LogP contribution in [0, 0.1) is 0 Å². The normalized spacial score (nSPS) is 9.70. The van der Waals surface area contributed by atoms with Gasteiger partial charge in [0.05, 0.1) is 0 Å². The van der Waals surface area contributed by atoms with E-state index in [9.17, 15) is 0 Å². The van der Waals surface area contributed by atoms with Gasteiger partial charge in [0.15, 0.2) is 0 Å². The molecule has 0 heterocycles. The fourth-order valence-electron chi connectivity index (χ4n) is 0.714. The third kappa shape index (κ3) is 8.13. The van der Waals surface area contributed by atoms with Gasteiger partial charge in [-0.25, -0.2) is 0 Å². The maximum absolute atomic E-state index is 4.76. The minimum absolute atomic E-state index is 0.615. The monoisotopic (exact) mass is 169 g/mol. The van der Waals surface area contributed by atoms with E-state index in [1.54, 1.807) is 0 Å². The van der Waals surface area contributed by atoms with Gasteiger partial charge in [-0.05, 0) is 18.9 Å². The van der Waals surface area contributed by atoms with Gasteiger partial charge in [-0.2, -0.15) is 0 Å². The molecule has 0 atom stereocenters. The number of hydrogen-bond donors (Lipinski definition) is 0. The van der Waals surface area contributed by atoms with E-state index in [4.69, 9.17) is 4.12 Å². The summed E-state index contributed by atoms with van der Waals surface area (Å²) < 4.78 is 4.76. The van der Waals surface area contributed by atoms with Gasteiger partial charge in [0.2, 0.25) is 20.2 Å². The Labute approximate surface area is 69.3 Å². The molecule has 0 bridgehead atoms. The van der Waals surface area contributed by atoms with Crippen molar-refractivity contribution in [3.05, 3.63) is 12.7 Å². The molecule has 5 radical (unpaired) electrons. The lowest BCUT2D eigenvalue weighted by Gasteiger charge is -1.95. The van der Waals surface area contributed by atoms with Crippen molar-refractivity contribution in [2.75, 3.05) is 0 Å². The molecule has 0 amide bonds. The largest absolute Gasteiger partial charge is 0.458 e. The van der Waals surface area contributed by atoms with Gasteiger partial charge in [0.25, 0.3) is 0 Å². The highest BCUT2D eigenvalue weighted by molar-refractivity contribution is 6.34. The fourth-order valence-corrected chi connectivity index (χ4v) is 1.52. The summed E-state index contributed by atoms with van der Waals surface area (Å²) in [5.41, 5.74) is 0. The van der Waals surface area contributed by atoms with E-state index in [-0.39, 0.29) is 0 Å². The highest BCUT2D eigenvalue weighted by Gasteiger charge is 1.88. The fraction of sp³-hybridized carbons (Fsp3) is 0.714. The van der Waals surface area contributed by atoms with E-state index in [0.717, 1.165) is 6.42 Å². The second kappa shape index (κ2) is 9.13. The molecule has 10 heavy (non-hydrogen) atoms. The summed E-state index contributed by atoms with van der Waals surface area (Å²) in [6, 6.07) is 1.18. The van der Waals surface area contributed by atoms with E-state index in [2.05, 4.69) is 17.1 Å². The average molecular weight is 169 g/mol. The third-order valence-electron chi connectivity index (χ3n) is 1.26. The molecule has 0 aliphatic carbocycles. The molecule has 0 aliphatic rings. The SMILES string of the molecule is C=CCCCCC[Si]O[Si]. The lowest BCUT2D eigenvalue weighted by Crippen LogP contribution is -1.92. The molecule has 0 N–H and O–H groups in total. The van der Waals surface area contributed by atoms with Gasteiger partial charge in [-0.3, -0.25) is 0 Å². The van der Waals surface area contributed by atoms with Crippen molar-refractivity contribution >= 4 is 20.2 Å². The van der Waals surface area contributed by atoms with Gasteiger partial charge in [-0.15, -0.1) is 6.58 Å². The molecule has 0 aromatic rings. The Kier molecular flexibility index (Phi) is 9.26. The number of allylic oxidation sites excluding steroid dienone is 1. The zero-order valence-corrected chi connectivity index (χ0v) is 8.23. The minimum atomic E-state index is 0.615. The summed E-state index contributed by atoms with van der Waals surface area (Å²) in [5, 5.41) is 0. The molecule has 3 heteroatoms. The third-order valence-corrected chi connectivity index (χ3v) is 2.39. The van der Waals surface area contributed by atoms with Crippen molar-refractivity contribution in [1.82, 2.24) is 0 Å². The number of unbranched alkanes of at least 4 members (excludes halogenated alkanes) is 3. The van der Waals surface area contributed by atoms with E-state index in [0.29, 0.717) is 9.76 Å². The van der Waals surface area contributed by atoms with Gasteiger partial charge in [-0.1, -0.05) is 18.9 Å². The van der Waals surface area contributed by atoms with Crippen LogP contribution in [0.2, 0.25) is 6.04 Å². The van der Waals surface area contributed by atoms with Crippen molar-refractivity contribution in [2.45, 2.75) is 31.7 Å². The van der Waals surface area contributed by atoms with E-state index in [1.165, 1.54) is 25.3 Å². The highest BCUT2D eigenvalue weighted by atomic mass is 28.3. The summed E-state index contributed by atoms with van der Waals surface area (Å²) in [6.45, 7) is 3.66. The van der Waals surface area contributed by atoms with Crippen molar-refractivity contribution in [2.24, 2.45) is 0 Å². The predicted octanol–water partition coefficient (Wildman–Crippen LogP) is 1.87. The first-order valence-electron chi connectivity index (χ1n) is 3.58.